The van der Waals surface area contributed by atoms with Crippen molar-refractivity contribution in [2.75, 3.05) is 0 Å². The van der Waals surface area contributed by atoms with E-state index < -0.39 is 5.97 Å². The number of hydrogen-bond donors (Lipinski definition) is 0. The van der Waals surface area contributed by atoms with Gasteiger partial charge in [-0.2, -0.15) is 0 Å². The Balaban J connectivity index is 1.40. The fourth-order valence-electron chi connectivity index (χ4n) is 6.19. The van der Waals surface area contributed by atoms with Crippen molar-refractivity contribution >= 4 is 29.1 Å². The van der Waals surface area contributed by atoms with Crippen LogP contribution in [-0.2, 0) is 6.42 Å². The van der Waals surface area contributed by atoms with Crippen molar-refractivity contribution in [1.82, 2.24) is 9.13 Å². The SMILES string of the molecule is Cc1cc(/C=c2/sc3n(c2=O)C(c2ccc(F)cc2)C2=C(N=3)c3ccccc3CC2)c(C)n1-c1ccc(C(=O)[O-])cc1. The Bertz CT molecular complexity index is 2120. The predicted molar refractivity (Wildman–Crippen MR) is 159 cm³/mol. The van der Waals surface area contributed by atoms with E-state index in [1.54, 1.807) is 28.8 Å². The van der Waals surface area contributed by atoms with Crippen molar-refractivity contribution in [3.63, 3.8) is 0 Å². The summed E-state index contributed by atoms with van der Waals surface area (Å²) in [6.07, 6.45) is 3.51. The molecule has 6 nitrogen and oxygen atoms in total. The molecular weight excluding hydrogens is 549 g/mol. The Morgan fingerprint density at radius 1 is 1.02 bits per heavy atom. The lowest BCUT2D eigenvalue weighted by molar-refractivity contribution is -0.255. The lowest BCUT2D eigenvalue weighted by Crippen LogP contribution is -2.38. The Labute approximate surface area is 244 Å². The number of allylic oxidation sites excluding steroid dienone is 1. The van der Waals surface area contributed by atoms with Crippen molar-refractivity contribution in [3.8, 4) is 5.69 Å². The van der Waals surface area contributed by atoms with Crippen molar-refractivity contribution < 1.29 is 14.3 Å². The van der Waals surface area contributed by atoms with Crippen LogP contribution in [0.1, 0.15) is 56.5 Å². The lowest BCUT2D eigenvalue weighted by atomic mass is 9.83. The maximum atomic E-state index is 14.1. The molecule has 0 spiro atoms. The smallest absolute Gasteiger partial charge is 0.271 e. The Morgan fingerprint density at radius 2 is 1.76 bits per heavy atom. The molecule has 0 bridgehead atoms. The van der Waals surface area contributed by atoms with Crippen LogP contribution in [0.3, 0.4) is 0 Å². The van der Waals surface area contributed by atoms with Crippen LogP contribution < -0.4 is 20.0 Å². The van der Waals surface area contributed by atoms with E-state index in [1.165, 1.54) is 41.2 Å². The van der Waals surface area contributed by atoms with Gasteiger partial charge in [0.05, 0.1) is 22.2 Å². The molecule has 1 atom stereocenters. The van der Waals surface area contributed by atoms with Crippen LogP contribution in [0.5, 0.6) is 0 Å². The number of hydrogen-bond acceptors (Lipinski definition) is 5. The molecule has 1 aliphatic heterocycles. The summed E-state index contributed by atoms with van der Waals surface area (Å²) in [6, 6.07) is 22.8. The molecule has 1 unspecified atom stereocenters. The Kier molecular flexibility index (Phi) is 6.17. The third-order valence-electron chi connectivity index (χ3n) is 8.18. The number of rotatable bonds is 4. The molecule has 8 heteroatoms. The molecule has 7 rings (SSSR count). The van der Waals surface area contributed by atoms with Crippen LogP contribution in [0, 0.1) is 19.7 Å². The zero-order valence-electron chi connectivity index (χ0n) is 22.9. The van der Waals surface area contributed by atoms with E-state index >= 15 is 0 Å². The third kappa shape index (κ3) is 4.18. The number of carboxylic acid groups (broad SMARTS) is 1. The summed E-state index contributed by atoms with van der Waals surface area (Å²) >= 11 is 1.35. The second-order valence-corrected chi connectivity index (χ2v) is 11.7. The fraction of sp³-hybridized carbons (Fsp3) is 0.147. The van der Waals surface area contributed by atoms with E-state index in [2.05, 4.69) is 12.1 Å². The van der Waals surface area contributed by atoms with Gasteiger partial charge in [-0.15, -0.1) is 0 Å². The summed E-state index contributed by atoms with van der Waals surface area (Å²) in [4.78, 5) is 30.9. The summed E-state index contributed by atoms with van der Waals surface area (Å²) in [7, 11) is 0. The molecule has 0 saturated heterocycles. The van der Waals surface area contributed by atoms with Crippen LogP contribution in [0.2, 0.25) is 0 Å². The van der Waals surface area contributed by atoms with Crippen LogP contribution in [0.15, 0.2) is 94.2 Å². The first-order valence-electron chi connectivity index (χ1n) is 13.7. The number of aryl methyl sites for hydroxylation is 2. The number of halogens is 1. The summed E-state index contributed by atoms with van der Waals surface area (Å²) in [6.45, 7) is 3.94. The number of aromatic carboxylic acids is 1. The van der Waals surface area contributed by atoms with Gasteiger partial charge in [0, 0.05) is 22.6 Å². The van der Waals surface area contributed by atoms with Crippen LogP contribution in [0.25, 0.3) is 17.5 Å². The van der Waals surface area contributed by atoms with E-state index in [9.17, 15) is 19.1 Å². The van der Waals surface area contributed by atoms with Gasteiger partial charge in [0.2, 0.25) is 0 Å². The average Bonchev–Trinajstić information content (AvgIpc) is 3.45. The zero-order chi connectivity index (χ0) is 29.1. The molecule has 1 aliphatic carbocycles. The highest BCUT2D eigenvalue weighted by molar-refractivity contribution is 7.07. The van der Waals surface area contributed by atoms with Gasteiger partial charge in [-0.05, 0) is 90.9 Å². The summed E-state index contributed by atoms with van der Waals surface area (Å²) in [5.41, 5.74) is 8.68. The topological polar surface area (TPSA) is 79.4 Å². The quantitative estimate of drug-likeness (QED) is 0.322. The molecule has 0 amide bonds. The van der Waals surface area contributed by atoms with E-state index in [-0.39, 0.29) is 23.0 Å². The Hall–Kier alpha value is -4.82. The molecule has 2 aliphatic rings. The second kappa shape index (κ2) is 9.92. The van der Waals surface area contributed by atoms with Gasteiger partial charge >= 0.3 is 0 Å². The van der Waals surface area contributed by atoms with E-state index in [1.807, 2.05) is 42.7 Å². The van der Waals surface area contributed by atoms with Gasteiger partial charge in [-0.1, -0.05) is 59.9 Å². The summed E-state index contributed by atoms with van der Waals surface area (Å²) in [5.74, 6) is -1.54. The highest BCUT2D eigenvalue weighted by atomic mass is 32.1. The van der Waals surface area contributed by atoms with Crippen LogP contribution in [-0.4, -0.2) is 15.1 Å². The van der Waals surface area contributed by atoms with Gasteiger partial charge in [0.25, 0.3) is 5.56 Å². The number of benzene rings is 3. The summed E-state index contributed by atoms with van der Waals surface area (Å²) < 4.78 is 18.3. The minimum Gasteiger partial charge on any atom is -0.545 e. The molecule has 0 saturated carbocycles. The number of thiazole rings is 1. The number of aromatic nitrogens is 2. The van der Waals surface area contributed by atoms with Crippen LogP contribution >= 0.6 is 11.3 Å². The lowest BCUT2D eigenvalue weighted by Gasteiger charge is -2.30. The maximum Gasteiger partial charge on any atom is 0.271 e. The molecule has 0 fully saturated rings. The van der Waals surface area contributed by atoms with Crippen molar-refractivity contribution in [2.24, 2.45) is 4.99 Å². The standard InChI is InChI=1S/C34H26FN3O3S/c1-19-17-24(20(2)37(19)26-14-9-23(10-15-26)33(40)41)18-29-32(39)38-31(22-7-12-25(35)13-8-22)28-16-11-21-5-3-4-6-27(21)30(28)36-34(38)42-29/h3-10,12-15,17-18,31H,11,16H2,1-2H3,(H,40,41)/p-1/b29-18+. The van der Waals surface area contributed by atoms with E-state index in [0.29, 0.717) is 9.33 Å². The first-order valence-corrected chi connectivity index (χ1v) is 14.5. The second-order valence-electron chi connectivity index (χ2n) is 10.7. The number of carbonyl (C=O) groups excluding carboxylic acids is 1. The van der Waals surface area contributed by atoms with Gasteiger partial charge in [-0.25, -0.2) is 9.38 Å². The van der Waals surface area contributed by atoms with Crippen molar-refractivity contribution in [2.45, 2.75) is 32.7 Å². The predicted octanol–water partition coefficient (Wildman–Crippen LogP) is 4.23. The first-order chi connectivity index (χ1) is 20.3. The number of fused-ring (bicyclic) bond motifs is 3. The van der Waals surface area contributed by atoms with Gasteiger partial charge < -0.3 is 14.5 Å². The molecule has 42 heavy (non-hydrogen) atoms. The number of carboxylic acids is 1. The van der Waals surface area contributed by atoms with Crippen molar-refractivity contribution in [3.05, 3.63) is 149 Å². The van der Waals surface area contributed by atoms with Gasteiger partial charge in [-0.3, -0.25) is 9.36 Å². The molecule has 3 aromatic carbocycles. The monoisotopic (exact) mass is 574 g/mol. The molecule has 0 radical (unpaired) electrons. The largest absolute Gasteiger partial charge is 0.545 e. The summed E-state index contributed by atoms with van der Waals surface area (Å²) in [5, 5.41) is 11.2. The minimum atomic E-state index is -1.22. The minimum absolute atomic E-state index is 0.114. The van der Waals surface area contributed by atoms with E-state index in [0.717, 1.165) is 57.9 Å². The maximum absolute atomic E-state index is 14.1. The highest BCUT2D eigenvalue weighted by Gasteiger charge is 2.32. The van der Waals surface area contributed by atoms with Gasteiger partial charge in [0.15, 0.2) is 4.80 Å². The first kappa shape index (κ1) is 26.1. The number of nitrogens with zero attached hydrogens (tertiary/aromatic N) is 3. The molecule has 2 aromatic heterocycles. The molecule has 0 N–H and O–H groups in total. The third-order valence-corrected chi connectivity index (χ3v) is 9.16. The molecule has 208 valence electrons. The van der Waals surface area contributed by atoms with Crippen LogP contribution in [0.4, 0.5) is 4.39 Å². The van der Waals surface area contributed by atoms with Gasteiger partial charge in [0.1, 0.15) is 5.82 Å². The normalized spacial score (nSPS) is 16.1. The molecular formula is C34H25FN3O3S-. The zero-order valence-corrected chi connectivity index (χ0v) is 23.7. The van der Waals surface area contributed by atoms with E-state index in [4.69, 9.17) is 4.99 Å². The fourth-order valence-corrected chi connectivity index (χ4v) is 7.18. The number of carbonyl (C=O) groups is 1. The molecule has 5 aromatic rings. The highest BCUT2D eigenvalue weighted by Crippen LogP contribution is 2.41. The average molecular weight is 575 g/mol. The van der Waals surface area contributed by atoms with Crippen molar-refractivity contribution in [1.29, 1.82) is 0 Å². The molecule has 3 heterocycles. The Morgan fingerprint density at radius 3 is 2.50 bits per heavy atom.